The van der Waals surface area contributed by atoms with E-state index in [1.54, 1.807) is 27.7 Å². The molecule has 6 nitrogen and oxygen atoms in total. The first-order chi connectivity index (χ1) is 27.6. The molecule has 0 amide bonds. The molecule has 0 aliphatic carbocycles. The molecule has 5 aromatic rings. The minimum absolute atomic E-state index is 0. The Labute approximate surface area is 379 Å². The molecule has 0 saturated carbocycles. The van der Waals surface area contributed by atoms with Crippen molar-refractivity contribution in [1.29, 1.82) is 0 Å². The van der Waals surface area contributed by atoms with E-state index in [0.29, 0.717) is 13.1 Å². The van der Waals surface area contributed by atoms with Crippen LogP contribution in [0.2, 0.25) is 0 Å². The van der Waals surface area contributed by atoms with Crippen LogP contribution in [0, 0.1) is 20.8 Å². The van der Waals surface area contributed by atoms with Crippen molar-refractivity contribution in [2.75, 3.05) is 13.1 Å². The van der Waals surface area contributed by atoms with E-state index in [-0.39, 0.29) is 44.0 Å². The number of hydrogen-bond donors (Lipinski definition) is 0. The second-order valence-corrected chi connectivity index (χ2v) is 18.2. The summed E-state index contributed by atoms with van der Waals surface area (Å²) in [5, 5.41) is 46.4. The fourth-order valence-electron chi connectivity index (χ4n) is 6.46. The van der Waals surface area contributed by atoms with Crippen LogP contribution in [0.4, 0.5) is 0 Å². The Morgan fingerprint density at radius 1 is 0.450 bits per heavy atom. The van der Waals surface area contributed by atoms with Crippen molar-refractivity contribution in [3.05, 3.63) is 165 Å². The van der Waals surface area contributed by atoms with E-state index in [2.05, 4.69) is 145 Å². The Morgan fingerprint density at radius 2 is 0.733 bits per heavy atom. The average molecular weight is 849 g/mol. The molecule has 7 heteroatoms. The molecule has 0 fully saturated rings. The van der Waals surface area contributed by atoms with Gasteiger partial charge in [0.2, 0.25) is 0 Å². The molecule has 0 aromatic heterocycles. The zero-order valence-electron chi connectivity index (χ0n) is 38.9. The molecule has 0 N–H and O–H groups in total. The summed E-state index contributed by atoms with van der Waals surface area (Å²) >= 11 is 0. The van der Waals surface area contributed by atoms with Gasteiger partial charge in [-0.1, -0.05) is 201 Å². The molecule has 0 bridgehead atoms. The molecule has 60 heavy (non-hydrogen) atoms. The molecule has 0 radical (unpaired) electrons. The quantitative estimate of drug-likeness (QED) is 0.123. The molecular weight excluding hydrogens is 776 g/mol. The van der Waals surface area contributed by atoms with Crippen LogP contribution < -0.4 is 20.4 Å². The average Bonchev–Trinajstić information content (AvgIpc) is 3.13. The van der Waals surface area contributed by atoms with Crippen LogP contribution in [0.5, 0.6) is 11.5 Å². The second kappa shape index (κ2) is 26.6. The second-order valence-electron chi connectivity index (χ2n) is 18.2. The smallest absolute Gasteiger partial charge is 0.872 e. The Hall–Kier alpha value is -3.75. The predicted octanol–water partition coefficient (Wildman–Crippen LogP) is 9.25. The van der Waals surface area contributed by atoms with E-state index in [1.165, 1.54) is 16.7 Å². The van der Waals surface area contributed by atoms with Gasteiger partial charge in [0.1, 0.15) is 0 Å². The minimum atomic E-state index is -0.417. The summed E-state index contributed by atoms with van der Waals surface area (Å²) in [4.78, 5) is 4.76. The van der Waals surface area contributed by atoms with Gasteiger partial charge < -0.3 is 20.4 Å². The summed E-state index contributed by atoms with van der Waals surface area (Å²) in [6.45, 7) is 29.5. The standard InChI is InChI=1S/C40H52N2O2.C7H8.2C3H7O.Ti/c1-29-21-33(37(43)35(23-29)39(3,4)5)27-41(25-31-15-11-9-12-16-31)19-20-42(26-32-17-13-10-14-18-32)28-34-22-30(2)24-36(38(34)44)40(6,7)8;1-7-5-3-2-4-6-7;2*1-3(2)4;/h9-18,21-24,43-44H,19-20,25-28H2,1-8H3;2-6H,1H3;2*3H,1-2H3;/q;;2*-1;+4/p-2. The maximum atomic E-state index is 13.7. The van der Waals surface area contributed by atoms with Crippen LogP contribution in [-0.2, 0) is 58.7 Å². The third-order valence-corrected chi connectivity index (χ3v) is 9.20. The summed E-state index contributed by atoms with van der Waals surface area (Å²) in [6.07, 6.45) is -0.833. The fourth-order valence-corrected chi connectivity index (χ4v) is 6.46. The maximum absolute atomic E-state index is 13.7. The van der Waals surface area contributed by atoms with Gasteiger partial charge in [0, 0.05) is 39.3 Å². The first-order valence-corrected chi connectivity index (χ1v) is 21.0. The van der Waals surface area contributed by atoms with Gasteiger partial charge in [-0.05, 0) is 65.0 Å². The van der Waals surface area contributed by atoms with Crippen molar-refractivity contribution >= 4 is 0 Å². The van der Waals surface area contributed by atoms with Crippen LogP contribution in [0.1, 0.15) is 119 Å². The SMILES string of the molecule is CC(C)[O-].CC(C)[O-].Cc1cc(CN(CCN(Cc2ccccc2)Cc2cc(C)cc(C(C)(C)C)c2[O-])Cc2ccccc2)c([O-])c(C(C)(C)C)c1.Cc1ccccc1.[Ti+4]. The van der Waals surface area contributed by atoms with Gasteiger partial charge in [-0.3, -0.25) is 9.80 Å². The number of benzene rings is 5. The molecule has 0 atom stereocenters. The topological polar surface area (TPSA) is 98.7 Å². The van der Waals surface area contributed by atoms with Gasteiger partial charge in [0.25, 0.3) is 0 Å². The first kappa shape index (κ1) is 54.3. The zero-order chi connectivity index (χ0) is 44.3. The molecular formula is C53H72N2O4Ti. The third-order valence-electron chi connectivity index (χ3n) is 9.20. The summed E-state index contributed by atoms with van der Waals surface area (Å²) in [5.41, 5.74) is 8.98. The first-order valence-electron chi connectivity index (χ1n) is 21.0. The van der Waals surface area contributed by atoms with Crippen LogP contribution in [-0.4, -0.2) is 35.1 Å². The van der Waals surface area contributed by atoms with Crippen molar-refractivity contribution in [3.8, 4) is 11.5 Å². The van der Waals surface area contributed by atoms with Gasteiger partial charge in [0.15, 0.2) is 0 Å². The summed E-state index contributed by atoms with van der Waals surface area (Å²) in [7, 11) is 0. The van der Waals surface area contributed by atoms with E-state index in [0.717, 1.165) is 59.6 Å². The maximum Gasteiger partial charge on any atom is 4.00 e. The van der Waals surface area contributed by atoms with Crippen LogP contribution in [0.3, 0.4) is 0 Å². The largest absolute Gasteiger partial charge is 4.00 e. The summed E-state index contributed by atoms with van der Waals surface area (Å²) in [5.74, 6) is 0.292. The molecule has 322 valence electrons. The van der Waals surface area contributed by atoms with Crippen molar-refractivity contribution in [3.63, 3.8) is 0 Å². The van der Waals surface area contributed by atoms with E-state index >= 15 is 0 Å². The molecule has 5 rings (SSSR count). The summed E-state index contributed by atoms with van der Waals surface area (Å²) in [6, 6.07) is 39.4. The minimum Gasteiger partial charge on any atom is -0.872 e. The molecule has 0 spiro atoms. The van der Waals surface area contributed by atoms with Gasteiger partial charge in [0.05, 0.1) is 0 Å². The van der Waals surface area contributed by atoms with Crippen molar-refractivity contribution in [2.24, 2.45) is 0 Å². The monoisotopic (exact) mass is 848 g/mol. The van der Waals surface area contributed by atoms with Gasteiger partial charge >= 0.3 is 21.7 Å². The van der Waals surface area contributed by atoms with Crippen molar-refractivity contribution in [1.82, 2.24) is 9.80 Å². The predicted molar refractivity (Wildman–Crippen MR) is 241 cm³/mol. The van der Waals surface area contributed by atoms with E-state index in [4.69, 9.17) is 0 Å². The van der Waals surface area contributed by atoms with Crippen LogP contribution in [0.25, 0.3) is 0 Å². The van der Waals surface area contributed by atoms with E-state index < -0.39 is 12.2 Å². The van der Waals surface area contributed by atoms with E-state index in [9.17, 15) is 20.4 Å². The normalized spacial score (nSPS) is 11.2. The Kier molecular flexibility index (Phi) is 24.0. The number of hydrogen-bond acceptors (Lipinski definition) is 6. The van der Waals surface area contributed by atoms with E-state index in [1.807, 2.05) is 42.5 Å². The molecule has 0 aliphatic rings. The molecule has 0 aliphatic heterocycles. The number of rotatable bonds is 11. The molecule has 0 saturated heterocycles. The molecule has 0 unspecified atom stereocenters. The van der Waals surface area contributed by atoms with Gasteiger partial charge in [-0.15, -0.1) is 23.7 Å². The Balaban J connectivity index is 0.000000953. The third kappa shape index (κ3) is 21.2. The van der Waals surface area contributed by atoms with Crippen molar-refractivity contribution in [2.45, 2.75) is 139 Å². The zero-order valence-corrected chi connectivity index (χ0v) is 40.5. The van der Waals surface area contributed by atoms with Gasteiger partial charge in [-0.2, -0.15) is 0 Å². The van der Waals surface area contributed by atoms with Crippen molar-refractivity contribution < 1.29 is 42.1 Å². The molecule has 0 heterocycles. The Bertz CT molecular complexity index is 1790. The summed E-state index contributed by atoms with van der Waals surface area (Å²) < 4.78 is 0. The van der Waals surface area contributed by atoms with Gasteiger partial charge in [-0.25, -0.2) is 0 Å². The molecule has 5 aromatic carbocycles. The number of nitrogens with zero attached hydrogens (tertiary/aromatic N) is 2. The van der Waals surface area contributed by atoms with Crippen LogP contribution in [0.15, 0.2) is 115 Å². The Morgan fingerprint density at radius 3 is 0.983 bits per heavy atom. The fraction of sp³-hybridized carbons (Fsp3) is 0.434. The van der Waals surface area contributed by atoms with Crippen LogP contribution >= 0.6 is 0 Å². The number of aryl methyl sites for hydroxylation is 3.